The zero-order chi connectivity index (χ0) is 19.0. The van der Waals surface area contributed by atoms with Crippen LogP contribution in [0, 0.1) is 3.57 Å². The van der Waals surface area contributed by atoms with Crippen molar-refractivity contribution in [3.8, 4) is 11.3 Å². The minimum Gasteiger partial charge on any atom is -0.360 e. The Bertz CT molecular complexity index is 1170. The molecule has 0 unspecified atom stereocenters. The number of nitrogens with zero attached hydrogens (tertiary/aromatic N) is 1. The molecule has 0 aliphatic heterocycles. The van der Waals surface area contributed by atoms with Gasteiger partial charge in [0.1, 0.15) is 0 Å². The quantitative estimate of drug-likeness (QED) is 0.338. The topological polar surface area (TPSA) is 83.8 Å². The number of nitrogens with two attached hydrogens (primary N) is 1. The highest BCUT2D eigenvalue weighted by Gasteiger charge is 2.16. The first-order chi connectivity index (χ1) is 13.1. The number of H-pyrrole nitrogens is 1. The summed E-state index contributed by atoms with van der Waals surface area (Å²) in [4.78, 5) is 20.8. The molecule has 0 spiro atoms. The molecule has 5 nitrogen and oxygen atoms in total. The molecule has 0 saturated heterocycles. The fourth-order valence-corrected chi connectivity index (χ4v) is 3.96. The van der Waals surface area contributed by atoms with E-state index < -0.39 is 0 Å². The van der Waals surface area contributed by atoms with Gasteiger partial charge >= 0.3 is 0 Å². The lowest BCUT2D eigenvalue weighted by Gasteiger charge is -2.10. The van der Waals surface area contributed by atoms with Gasteiger partial charge in [-0.15, -0.1) is 0 Å². The summed E-state index contributed by atoms with van der Waals surface area (Å²) in [6.45, 7) is 0.831. The van der Waals surface area contributed by atoms with Gasteiger partial charge in [-0.25, -0.2) is 4.98 Å². The molecule has 136 valence electrons. The zero-order valence-electron chi connectivity index (χ0n) is 14.2. The van der Waals surface area contributed by atoms with Crippen LogP contribution >= 0.6 is 38.5 Å². The normalized spacial score (nSPS) is 11.2. The Labute approximate surface area is 178 Å². The maximum atomic E-state index is 12.8. The van der Waals surface area contributed by atoms with Crippen molar-refractivity contribution in [1.29, 1.82) is 0 Å². The molecule has 2 aromatic carbocycles. The fourth-order valence-electron chi connectivity index (χ4n) is 3.11. The molecular formula is C20H16BrIN4O. The number of nitrogens with one attached hydrogen (secondary N) is 2. The SMILES string of the molecule is NCCNC(=O)c1cc(-c2c[nH]c3ccc(Br)cc23)nc2ccc(I)cc12. The van der Waals surface area contributed by atoms with Crippen LogP contribution < -0.4 is 11.1 Å². The number of rotatable bonds is 4. The number of benzene rings is 2. The van der Waals surface area contributed by atoms with E-state index in [9.17, 15) is 4.79 Å². The van der Waals surface area contributed by atoms with Crippen molar-refractivity contribution in [3.05, 3.63) is 62.3 Å². The van der Waals surface area contributed by atoms with Gasteiger partial charge in [0.15, 0.2) is 0 Å². The van der Waals surface area contributed by atoms with Crippen molar-refractivity contribution in [2.45, 2.75) is 0 Å². The van der Waals surface area contributed by atoms with Crippen molar-refractivity contribution in [1.82, 2.24) is 15.3 Å². The largest absolute Gasteiger partial charge is 0.360 e. The van der Waals surface area contributed by atoms with Crippen molar-refractivity contribution in [2.24, 2.45) is 5.73 Å². The Morgan fingerprint density at radius 1 is 1.19 bits per heavy atom. The first kappa shape index (κ1) is 18.4. The summed E-state index contributed by atoms with van der Waals surface area (Å²) in [7, 11) is 0. The number of carbonyl (C=O) groups is 1. The number of aromatic amines is 1. The van der Waals surface area contributed by atoms with E-state index in [1.807, 2.05) is 42.6 Å². The number of aromatic nitrogens is 2. The highest BCUT2D eigenvalue weighted by Crippen LogP contribution is 2.32. The average molecular weight is 535 g/mol. The minimum atomic E-state index is -0.142. The number of amides is 1. The lowest BCUT2D eigenvalue weighted by atomic mass is 10.0. The number of hydrogen-bond donors (Lipinski definition) is 3. The third kappa shape index (κ3) is 3.59. The van der Waals surface area contributed by atoms with Crippen molar-refractivity contribution in [2.75, 3.05) is 13.1 Å². The summed E-state index contributed by atoms with van der Waals surface area (Å²) in [6.07, 6.45) is 1.93. The Morgan fingerprint density at radius 2 is 2.04 bits per heavy atom. The maximum Gasteiger partial charge on any atom is 0.252 e. The van der Waals surface area contributed by atoms with E-state index in [1.54, 1.807) is 0 Å². The van der Waals surface area contributed by atoms with Crippen LogP contribution in [0.4, 0.5) is 0 Å². The predicted octanol–water partition coefficient (Wildman–Crippen LogP) is 4.44. The molecule has 0 aliphatic carbocycles. The highest BCUT2D eigenvalue weighted by atomic mass is 127. The van der Waals surface area contributed by atoms with Gasteiger partial charge in [-0.3, -0.25) is 4.79 Å². The van der Waals surface area contributed by atoms with Crippen LogP contribution in [-0.2, 0) is 0 Å². The van der Waals surface area contributed by atoms with Gasteiger partial charge in [0, 0.05) is 49.2 Å². The molecule has 2 heterocycles. The third-order valence-electron chi connectivity index (χ3n) is 4.36. The summed E-state index contributed by atoms with van der Waals surface area (Å²) in [5.74, 6) is -0.142. The first-order valence-corrected chi connectivity index (χ1v) is 10.3. The van der Waals surface area contributed by atoms with Crippen LogP contribution in [0.5, 0.6) is 0 Å². The van der Waals surface area contributed by atoms with E-state index in [2.05, 4.69) is 54.9 Å². The molecule has 0 radical (unpaired) electrons. The molecule has 0 atom stereocenters. The number of carbonyl (C=O) groups excluding carboxylic acids is 1. The molecule has 4 N–H and O–H groups in total. The van der Waals surface area contributed by atoms with Crippen LogP contribution in [0.25, 0.3) is 33.1 Å². The van der Waals surface area contributed by atoms with Crippen LogP contribution in [0.1, 0.15) is 10.4 Å². The molecule has 7 heteroatoms. The third-order valence-corrected chi connectivity index (χ3v) is 5.53. The number of fused-ring (bicyclic) bond motifs is 2. The molecule has 27 heavy (non-hydrogen) atoms. The number of halogens is 2. The fraction of sp³-hybridized carbons (Fsp3) is 0.100. The van der Waals surface area contributed by atoms with E-state index in [0.29, 0.717) is 18.7 Å². The summed E-state index contributed by atoms with van der Waals surface area (Å²) in [6, 6.07) is 13.8. The molecule has 0 fully saturated rings. The first-order valence-electron chi connectivity index (χ1n) is 8.42. The standard InChI is InChI=1S/C20H16BrIN4O/c21-11-1-3-17-13(7-11)16(10-25-17)19-9-15(20(27)24-6-5-23)14-8-12(22)2-4-18(14)26-19/h1-4,7-10,25H,5-6,23H2,(H,24,27). The minimum absolute atomic E-state index is 0.142. The predicted molar refractivity (Wildman–Crippen MR) is 121 cm³/mol. The van der Waals surface area contributed by atoms with Gasteiger partial charge in [-0.2, -0.15) is 0 Å². The lowest BCUT2D eigenvalue weighted by Crippen LogP contribution is -2.29. The summed E-state index contributed by atoms with van der Waals surface area (Å²) in [5, 5.41) is 4.75. The molecule has 0 saturated carbocycles. The van der Waals surface area contributed by atoms with Crippen molar-refractivity contribution >= 4 is 66.2 Å². The number of hydrogen-bond acceptors (Lipinski definition) is 3. The second kappa shape index (κ2) is 7.57. The Balaban J connectivity index is 1.94. The van der Waals surface area contributed by atoms with Gasteiger partial charge in [-0.05, 0) is 65.1 Å². The molecule has 4 rings (SSSR count). The second-order valence-corrected chi connectivity index (χ2v) is 8.31. The van der Waals surface area contributed by atoms with E-state index in [4.69, 9.17) is 10.7 Å². The van der Waals surface area contributed by atoms with E-state index in [-0.39, 0.29) is 5.91 Å². The summed E-state index contributed by atoms with van der Waals surface area (Å²) < 4.78 is 2.05. The number of pyridine rings is 1. The van der Waals surface area contributed by atoms with Gasteiger partial charge in [-0.1, -0.05) is 15.9 Å². The molecule has 0 bridgehead atoms. The Hall–Kier alpha value is -1.97. The Morgan fingerprint density at radius 3 is 2.85 bits per heavy atom. The highest BCUT2D eigenvalue weighted by molar-refractivity contribution is 14.1. The van der Waals surface area contributed by atoms with Crippen molar-refractivity contribution < 1.29 is 4.79 Å². The van der Waals surface area contributed by atoms with Crippen LogP contribution in [0.15, 0.2) is 53.1 Å². The van der Waals surface area contributed by atoms with E-state index >= 15 is 0 Å². The summed E-state index contributed by atoms with van der Waals surface area (Å²) in [5.41, 5.74) is 9.66. The molecular weight excluding hydrogens is 519 g/mol. The van der Waals surface area contributed by atoms with Crippen LogP contribution in [0.3, 0.4) is 0 Å². The molecule has 0 aliphatic rings. The van der Waals surface area contributed by atoms with Gasteiger partial charge < -0.3 is 16.0 Å². The summed E-state index contributed by atoms with van der Waals surface area (Å²) >= 11 is 5.77. The van der Waals surface area contributed by atoms with Gasteiger partial charge in [0.2, 0.25) is 0 Å². The van der Waals surface area contributed by atoms with Crippen LogP contribution in [-0.4, -0.2) is 29.0 Å². The zero-order valence-corrected chi connectivity index (χ0v) is 18.0. The van der Waals surface area contributed by atoms with E-state index in [0.717, 1.165) is 41.1 Å². The molecule has 4 aromatic rings. The van der Waals surface area contributed by atoms with Crippen molar-refractivity contribution in [3.63, 3.8) is 0 Å². The molecule has 2 aromatic heterocycles. The smallest absolute Gasteiger partial charge is 0.252 e. The van der Waals surface area contributed by atoms with Crippen LogP contribution in [0.2, 0.25) is 0 Å². The second-order valence-electron chi connectivity index (χ2n) is 6.15. The van der Waals surface area contributed by atoms with E-state index in [1.165, 1.54) is 0 Å². The van der Waals surface area contributed by atoms with Gasteiger partial charge in [0.05, 0.1) is 16.8 Å². The monoisotopic (exact) mass is 534 g/mol. The van der Waals surface area contributed by atoms with Gasteiger partial charge in [0.25, 0.3) is 5.91 Å². The Kier molecular flexibility index (Phi) is 5.16. The average Bonchev–Trinajstić information content (AvgIpc) is 3.08. The molecule has 1 amide bonds. The maximum absolute atomic E-state index is 12.8. The lowest BCUT2D eigenvalue weighted by molar-refractivity contribution is 0.0956.